The molecule has 25 heavy (non-hydrogen) atoms. The first-order valence-electron chi connectivity index (χ1n) is 8.02. The molecule has 1 aliphatic rings. The van der Waals surface area contributed by atoms with Gasteiger partial charge in [0.05, 0.1) is 5.92 Å². The first kappa shape index (κ1) is 15.4. The smallest absolute Gasteiger partial charge is 0.308 e. The van der Waals surface area contributed by atoms with Crippen molar-refractivity contribution in [2.24, 2.45) is 5.92 Å². The predicted octanol–water partition coefficient (Wildman–Crippen LogP) is 3.24. The van der Waals surface area contributed by atoms with Crippen LogP contribution in [0.4, 0.5) is 5.69 Å². The zero-order valence-electron chi connectivity index (χ0n) is 13.6. The average Bonchev–Trinajstić information content (AvgIpc) is 3.17. The highest BCUT2D eigenvalue weighted by Crippen LogP contribution is 2.30. The van der Waals surface area contributed by atoms with E-state index in [2.05, 4.69) is 4.98 Å². The Morgan fingerprint density at radius 2 is 2.12 bits per heavy atom. The molecule has 1 amide bonds. The summed E-state index contributed by atoms with van der Waals surface area (Å²) in [7, 11) is 0. The SMILES string of the molecule is Cc1cccc(-c2nc3cc(N4C[C@H](C(=O)O)CC4=O)ccc3o2)c1. The van der Waals surface area contributed by atoms with E-state index in [1.54, 1.807) is 18.2 Å². The Balaban J connectivity index is 1.69. The zero-order chi connectivity index (χ0) is 17.6. The lowest BCUT2D eigenvalue weighted by molar-refractivity contribution is -0.141. The largest absolute Gasteiger partial charge is 0.481 e. The lowest BCUT2D eigenvalue weighted by Gasteiger charge is -2.15. The number of carbonyl (C=O) groups is 2. The van der Waals surface area contributed by atoms with Crippen molar-refractivity contribution >= 4 is 28.7 Å². The molecule has 0 spiro atoms. The summed E-state index contributed by atoms with van der Waals surface area (Å²) < 4.78 is 5.80. The monoisotopic (exact) mass is 336 g/mol. The van der Waals surface area contributed by atoms with E-state index in [1.807, 2.05) is 31.2 Å². The number of benzene rings is 2. The molecule has 4 rings (SSSR count). The summed E-state index contributed by atoms with van der Waals surface area (Å²) in [5, 5.41) is 9.11. The van der Waals surface area contributed by atoms with Crippen molar-refractivity contribution < 1.29 is 19.1 Å². The van der Waals surface area contributed by atoms with Crippen molar-refractivity contribution in [2.45, 2.75) is 13.3 Å². The van der Waals surface area contributed by atoms with E-state index in [9.17, 15) is 9.59 Å². The van der Waals surface area contributed by atoms with Gasteiger partial charge in [0.15, 0.2) is 5.58 Å². The van der Waals surface area contributed by atoms with Crippen molar-refractivity contribution in [3.63, 3.8) is 0 Å². The van der Waals surface area contributed by atoms with Crippen LogP contribution in [0.15, 0.2) is 46.9 Å². The Hall–Kier alpha value is -3.15. The fourth-order valence-electron chi connectivity index (χ4n) is 3.11. The lowest BCUT2D eigenvalue weighted by atomic mass is 10.1. The van der Waals surface area contributed by atoms with Crippen molar-refractivity contribution in [3.8, 4) is 11.5 Å². The number of hydrogen-bond donors (Lipinski definition) is 1. The Morgan fingerprint density at radius 3 is 2.84 bits per heavy atom. The summed E-state index contributed by atoms with van der Waals surface area (Å²) in [6, 6.07) is 13.2. The summed E-state index contributed by atoms with van der Waals surface area (Å²) in [6.07, 6.45) is 0.0285. The number of nitrogens with zero attached hydrogens (tertiary/aromatic N) is 2. The maximum absolute atomic E-state index is 12.1. The normalized spacial score (nSPS) is 17.4. The minimum Gasteiger partial charge on any atom is -0.481 e. The highest BCUT2D eigenvalue weighted by Gasteiger charge is 2.35. The minimum absolute atomic E-state index is 0.0285. The van der Waals surface area contributed by atoms with Crippen LogP contribution in [0.5, 0.6) is 0 Å². The van der Waals surface area contributed by atoms with Crippen LogP contribution >= 0.6 is 0 Å². The number of aromatic nitrogens is 1. The number of rotatable bonds is 3. The van der Waals surface area contributed by atoms with Gasteiger partial charge in [0, 0.05) is 24.2 Å². The van der Waals surface area contributed by atoms with E-state index in [0.717, 1.165) is 11.1 Å². The quantitative estimate of drug-likeness (QED) is 0.794. The number of aliphatic carboxylic acids is 1. The first-order chi connectivity index (χ1) is 12.0. The molecule has 0 aliphatic carbocycles. The number of aryl methyl sites for hydroxylation is 1. The van der Waals surface area contributed by atoms with Gasteiger partial charge in [-0.25, -0.2) is 4.98 Å². The van der Waals surface area contributed by atoms with E-state index >= 15 is 0 Å². The lowest BCUT2D eigenvalue weighted by Crippen LogP contribution is -2.25. The van der Waals surface area contributed by atoms with E-state index < -0.39 is 11.9 Å². The van der Waals surface area contributed by atoms with E-state index in [1.165, 1.54) is 4.90 Å². The summed E-state index contributed by atoms with van der Waals surface area (Å²) in [6.45, 7) is 2.18. The number of oxazole rings is 1. The average molecular weight is 336 g/mol. The standard InChI is InChI=1S/C19H16N2O4/c1-11-3-2-4-12(7-11)18-20-15-9-14(5-6-16(15)25-18)21-10-13(19(23)24)8-17(21)22/h2-7,9,13H,8,10H2,1H3,(H,23,24)/t13-/m1/s1. The van der Waals surface area contributed by atoms with Crippen molar-refractivity contribution in [2.75, 3.05) is 11.4 Å². The second-order valence-electron chi connectivity index (χ2n) is 6.28. The van der Waals surface area contributed by atoms with Crippen LogP contribution in [-0.4, -0.2) is 28.5 Å². The van der Waals surface area contributed by atoms with Gasteiger partial charge in [0.1, 0.15) is 5.52 Å². The topological polar surface area (TPSA) is 83.6 Å². The molecule has 6 heteroatoms. The van der Waals surface area contributed by atoms with Crippen LogP contribution in [0, 0.1) is 12.8 Å². The summed E-state index contributed by atoms with van der Waals surface area (Å²) in [4.78, 5) is 29.2. The number of carboxylic acids is 1. The fourth-order valence-corrected chi connectivity index (χ4v) is 3.11. The van der Waals surface area contributed by atoms with Crippen LogP contribution in [-0.2, 0) is 9.59 Å². The number of anilines is 1. The molecule has 6 nitrogen and oxygen atoms in total. The van der Waals surface area contributed by atoms with Gasteiger partial charge in [0.2, 0.25) is 11.8 Å². The fraction of sp³-hybridized carbons (Fsp3) is 0.211. The van der Waals surface area contributed by atoms with Gasteiger partial charge >= 0.3 is 5.97 Å². The Kier molecular flexibility index (Phi) is 3.53. The van der Waals surface area contributed by atoms with Gasteiger partial charge in [-0.15, -0.1) is 0 Å². The van der Waals surface area contributed by atoms with Gasteiger partial charge in [-0.3, -0.25) is 9.59 Å². The molecule has 0 bridgehead atoms. The van der Waals surface area contributed by atoms with Crippen molar-refractivity contribution in [3.05, 3.63) is 48.0 Å². The molecule has 126 valence electrons. The number of fused-ring (bicyclic) bond motifs is 1. The maximum Gasteiger partial charge on any atom is 0.308 e. The molecule has 0 radical (unpaired) electrons. The molecule has 3 aromatic rings. The van der Waals surface area contributed by atoms with Gasteiger partial charge in [-0.2, -0.15) is 0 Å². The third kappa shape index (κ3) is 2.76. The molecule has 0 saturated carbocycles. The number of hydrogen-bond acceptors (Lipinski definition) is 4. The maximum atomic E-state index is 12.1. The summed E-state index contributed by atoms with van der Waals surface area (Å²) >= 11 is 0. The summed E-state index contributed by atoms with van der Waals surface area (Å²) in [5.41, 5.74) is 3.91. The number of amides is 1. The van der Waals surface area contributed by atoms with Crippen LogP contribution < -0.4 is 4.90 Å². The second kappa shape index (κ2) is 5.73. The van der Waals surface area contributed by atoms with Gasteiger partial charge in [-0.1, -0.05) is 17.7 Å². The molecular weight excluding hydrogens is 320 g/mol. The molecule has 2 heterocycles. The second-order valence-corrected chi connectivity index (χ2v) is 6.28. The minimum atomic E-state index is -0.944. The molecule has 1 aromatic heterocycles. The van der Waals surface area contributed by atoms with Crippen LogP contribution in [0.1, 0.15) is 12.0 Å². The Bertz CT molecular complexity index is 992. The van der Waals surface area contributed by atoms with E-state index in [-0.39, 0.29) is 18.9 Å². The van der Waals surface area contributed by atoms with Crippen LogP contribution in [0.2, 0.25) is 0 Å². The van der Waals surface area contributed by atoms with Gasteiger partial charge < -0.3 is 14.4 Å². The molecule has 1 N–H and O–H groups in total. The highest BCUT2D eigenvalue weighted by molar-refractivity contribution is 6.00. The Morgan fingerprint density at radius 1 is 1.28 bits per heavy atom. The van der Waals surface area contributed by atoms with E-state index in [4.69, 9.17) is 9.52 Å². The van der Waals surface area contributed by atoms with Gasteiger partial charge in [0.25, 0.3) is 0 Å². The van der Waals surface area contributed by atoms with Crippen molar-refractivity contribution in [1.82, 2.24) is 4.98 Å². The predicted molar refractivity (Wildman–Crippen MR) is 92.3 cm³/mol. The molecule has 1 fully saturated rings. The van der Waals surface area contributed by atoms with Gasteiger partial charge in [-0.05, 0) is 37.3 Å². The number of carbonyl (C=O) groups excluding carboxylic acids is 1. The third-order valence-corrected chi connectivity index (χ3v) is 4.42. The Labute approximate surface area is 143 Å². The summed E-state index contributed by atoms with van der Waals surface area (Å²) in [5.74, 6) is -1.27. The third-order valence-electron chi connectivity index (χ3n) is 4.42. The number of carboxylic acid groups (broad SMARTS) is 1. The van der Waals surface area contributed by atoms with Crippen LogP contribution in [0.3, 0.4) is 0 Å². The zero-order valence-corrected chi connectivity index (χ0v) is 13.6. The van der Waals surface area contributed by atoms with Crippen LogP contribution in [0.25, 0.3) is 22.6 Å². The molecule has 0 unspecified atom stereocenters. The molecular formula is C19H16N2O4. The molecule has 1 saturated heterocycles. The molecule has 1 atom stereocenters. The van der Waals surface area contributed by atoms with Crippen molar-refractivity contribution in [1.29, 1.82) is 0 Å². The highest BCUT2D eigenvalue weighted by atomic mass is 16.4. The van der Waals surface area contributed by atoms with E-state index in [0.29, 0.717) is 22.7 Å². The molecule has 1 aliphatic heterocycles. The molecule has 2 aromatic carbocycles. The first-order valence-corrected chi connectivity index (χ1v) is 8.02.